The summed E-state index contributed by atoms with van der Waals surface area (Å²) in [6.07, 6.45) is 7.26. The molecule has 0 unspecified atom stereocenters. The Morgan fingerprint density at radius 1 is 0.963 bits per heavy atom. The van der Waals surface area contributed by atoms with Crippen LogP contribution in [0, 0.1) is 35.9 Å². The molecule has 426 valence electrons. The second-order valence-electron chi connectivity index (χ2n) is 22.2. The van der Waals surface area contributed by atoms with E-state index in [1.54, 1.807) is 32.6 Å². The van der Waals surface area contributed by atoms with Crippen LogP contribution in [0.15, 0.2) is 85.3 Å². The van der Waals surface area contributed by atoms with Gasteiger partial charge in [0, 0.05) is 79.3 Å². The number of anilines is 1. The Morgan fingerprint density at radius 2 is 1.72 bits per heavy atom. The number of H-pyrrole nitrogens is 1. The number of carbonyl (C=O) groups excluding carboxylic acids is 2. The number of aliphatic hydroxyl groups is 2. The third-order valence-corrected chi connectivity index (χ3v) is 16.3. The maximum atomic E-state index is 16.1. The smallest absolute Gasteiger partial charge is 0.319 e. The normalized spacial score (nSPS) is 17.8. The Hall–Kier alpha value is -8.32. The Morgan fingerprint density at radius 3 is 2.41 bits per heavy atom. The summed E-state index contributed by atoms with van der Waals surface area (Å²) in [5, 5.41) is 56.2. The van der Waals surface area contributed by atoms with E-state index < -0.39 is 36.0 Å². The molecule has 4 aromatic heterocycles. The van der Waals surface area contributed by atoms with Gasteiger partial charge in [-0.3, -0.25) is 19.4 Å². The number of ether oxygens (including phenoxy) is 3. The standard InChI is InChI=1S/C61H68FN13O7/c1-7-74-51(18-21-65-74)42-16-14-41(15-17-42)50(31-76)66-59(78)52-24-43(77)29-73(52)60(79)56(34(2)3)75-30-49(70-71-75)40-10-8-38(9-11-40)33-81-57-54(53-36(5)47(62)26-48-46(53)28-64-69-48)44(39-12-13-39)25-45-55(57)67-61(82-32-35(4)80-6)68-58(45)72-22-19-37(27-63)20-23-72/h8-11,14-18,21,25-26,28,30,34-35,37,39,43,50,52,56,76-77H,7,12-13,19-20,22-24,29,31-33H2,1-6H3,(H,64,69)(H,66,78)/t35-,43+,50-,52-,56-/m0/s1. The number of nitrogens with one attached hydrogen (secondary N) is 2. The lowest BCUT2D eigenvalue weighted by Crippen LogP contribution is -2.50. The van der Waals surface area contributed by atoms with Gasteiger partial charge in [0.15, 0.2) is 5.75 Å². The molecule has 1 aliphatic carbocycles. The number of aliphatic hydroxyl groups excluding tert-OH is 2. The second-order valence-corrected chi connectivity index (χ2v) is 22.2. The zero-order valence-electron chi connectivity index (χ0n) is 46.9. The SMILES string of the molecule is CCn1nccc1-c1ccc([C@H](CO)NC(=O)[C@@H]2C[C@@H](O)CN2C(=O)[C@H](C(C)C)n2cc(-c3ccc(COc4c(-c5c(C)c(F)cc6[nH]ncc56)c(C5CC5)cc5c(N6CCC(C#N)CC6)nc(OC[C@H](C)OC)nc45)cc3)nn2)cc1. The highest BCUT2D eigenvalue weighted by molar-refractivity contribution is 6.06. The maximum absolute atomic E-state index is 16.1. The van der Waals surface area contributed by atoms with Crippen molar-refractivity contribution in [3.05, 3.63) is 113 Å². The molecule has 0 spiro atoms. The number of hydrogen-bond acceptors (Lipinski definition) is 15. The zero-order chi connectivity index (χ0) is 57.3. The number of nitrogens with zero attached hydrogens (tertiary/aromatic N) is 11. The molecule has 82 heavy (non-hydrogen) atoms. The second kappa shape index (κ2) is 23.6. The van der Waals surface area contributed by atoms with Crippen molar-refractivity contribution < 1.29 is 38.4 Å². The van der Waals surface area contributed by atoms with Crippen LogP contribution in [0.1, 0.15) is 100 Å². The van der Waals surface area contributed by atoms with E-state index in [1.807, 2.05) is 87.0 Å². The van der Waals surface area contributed by atoms with Crippen molar-refractivity contribution in [2.75, 3.05) is 44.9 Å². The van der Waals surface area contributed by atoms with E-state index >= 15 is 4.39 Å². The fraction of sp³-hybridized carbons (Fsp3) is 0.426. The number of rotatable bonds is 20. The molecule has 11 rings (SSSR count). The summed E-state index contributed by atoms with van der Waals surface area (Å²) in [4.78, 5) is 42.4. The van der Waals surface area contributed by atoms with E-state index in [-0.39, 0.29) is 68.5 Å². The molecule has 2 saturated heterocycles. The van der Waals surface area contributed by atoms with E-state index in [1.165, 1.54) is 15.6 Å². The maximum Gasteiger partial charge on any atom is 0.319 e. The number of piperidine rings is 1. The van der Waals surface area contributed by atoms with Gasteiger partial charge in [-0.05, 0) is 104 Å². The van der Waals surface area contributed by atoms with Gasteiger partial charge in [0.1, 0.15) is 48.1 Å². The molecule has 0 radical (unpaired) electrons. The van der Waals surface area contributed by atoms with Gasteiger partial charge < -0.3 is 39.5 Å². The van der Waals surface area contributed by atoms with Crippen molar-refractivity contribution in [3.8, 4) is 51.5 Å². The zero-order valence-corrected chi connectivity index (χ0v) is 46.9. The van der Waals surface area contributed by atoms with Crippen LogP contribution < -0.4 is 19.7 Å². The van der Waals surface area contributed by atoms with Crippen molar-refractivity contribution in [2.24, 2.45) is 11.8 Å². The summed E-state index contributed by atoms with van der Waals surface area (Å²) in [5.74, 6) is -0.309. The number of carbonyl (C=O) groups is 2. The molecule has 1 saturated carbocycles. The van der Waals surface area contributed by atoms with Gasteiger partial charge >= 0.3 is 6.01 Å². The van der Waals surface area contributed by atoms with E-state index in [0.717, 1.165) is 57.1 Å². The lowest BCUT2D eigenvalue weighted by Gasteiger charge is -2.31. The Kier molecular flexibility index (Phi) is 16.0. The summed E-state index contributed by atoms with van der Waals surface area (Å²) in [5.41, 5.74) is 8.50. The van der Waals surface area contributed by atoms with Crippen LogP contribution in [-0.4, -0.2) is 130 Å². The van der Waals surface area contributed by atoms with Crippen LogP contribution >= 0.6 is 0 Å². The first-order chi connectivity index (χ1) is 39.7. The van der Waals surface area contributed by atoms with E-state index in [4.69, 9.17) is 24.2 Å². The van der Waals surface area contributed by atoms with Crippen LogP contribution in [0.4, 0.5) is 10.2 Å². The first-order valence-corrected chi connectivity index (χ1v) is 28.2. The Labute approximate surface area is 474 Å². The third-order valence-electron chi connectivity index (χ3n) is 16.3. The molecule has 2 aliphatic heterocycles. The fourth-order valence-corrected chi connectivity index (χ4v) is 11.5. The number of amides is 2. The number of halogens is 1. The van der Waals surface area contributed by atoms with Crippen LogP contribution in [0.5, 0.6) is 11.8 Å². The van der Waals surface area contributed by atoms with Crippen molar-refractivity contribution in [2.45, 2.75) is 116 Å². The Balaban J connectivity index is 0.869. The van der Waals surface area contributed by atoms with E-state index in [2.05, 4.69) is 48.0 Å². The number of benzene rings is 4. The van der Waals surface area contributed by atoms with Gasteiger partial charge in [0.25, 0.3) is 0 Å². The van der Waals surface area contributed by atoms with Crippen LogP contribution in [0.25, 0.3) is 55.4 Å². The van der Waals surface area contributed by atoms with Gasteiger partial charge in [-0.25, -0.2) is 9.07 Å². The molecule has 2 amide bonds. The summed E-state index contributed by atoms with van der Waals surface area (Å²) in [6.45, 7) is 11.3. The molecule has 5 atom stereocenters. The molecule has 0 bridgehead atoms. The minimum Gasteiger partial charge on any atom is -0.486 e. The van der Waals surface area contributed by atoms with E-state index in [0.29, 0.717) is 77.5 Å². The van der Waals surface area contributed by atoms with Crippen LogP contribution in [-0.2, 0) is 27.5 Å². The number of likely N-dealkylation sites (tertiary alicyclic amines) is 1. The number of hydrogen-bond donors (Lipinski definition) is 4. The lowest BCUT2D eigenvalue weighted by atomic mass is 9.88. The molecule has 3 fully saturated rings. The number of fused-ring (bicyclic) bond motifs is 2. The first-order valence-electron chi connectivity index (χ1n) is 28.2. The van der Waals surface area contributed by atoms with Crippen molar-refractivity contribution in [1.82, 2.24) is 55.2 Å². The molecule has 4 N–H and O–H groups in total. The molecule has 20 nitrogen and oxygen atoms in total. The predicted octanol–water partition coefficient (Wildman–Crippen LogP) is 8.38. The molecule has 8 aromatic rings. The van der Waals surface area contributed by atoms with Crippen LogP contribution in [0.3, 0.4) is 0 Å². The highest BCUT2D eigenvalue weighted by atomic mass is 19.1. The summed E-state index contributed by atoms with van der Waals surface area (Å²) in [6, 6.07) is 20.7. The summed E-state index contributed by atoms with van der Waals surface area (Å²) in [7, 11) is 1.61. The highest BCUT2D eigenvalue weighted by Gasteiger charge is 2.43. The van der Waals surface area contributed by atoms with Gasteiger partial charge in [-0.1, -0.05) is 67.6 Å². The van der Waals surface area contributed by atoms with Crippen LogP contribution in [0.2, 0.25) is 0 Å². The number of aromatic amines is 1. The first kappa shape index (κ1) is 55.6. The molecule has 6 heterocycles. The number of nitriles is 1. The number of aryl methyl sites for hydroxylation is 1. The van der Waals surface area contributed by atoms with Crippen molar-refractivity contribution in [3.63, 3.8) is 0 Å². The molecular formula is C61H68FN13O7. The molecular weight excluding hydrogens is 1050 g/mol. The number of aromatic nitrogens is 9. The molecule has 3 aliphatic rings. The lowest BCUT2D eigenvalue weighted by molar-refractivity contribution is -0.142. The van der Waals surface area contributed by atoms with Gasteiger partial charge in [-0.15, -0.1) is 5.10 Å². The molecule has 21 heteroatoms. The predicted molar refractivity (Wildman–Crippen MR) is 305 cm³/mol. The van der Waals surface area contributed by atoms with Gasteiger partial charge in [0.05, 0.1) is 54.5 Å². The number of β-amino-alcohol motifs (C(OH)–C–C–N with tert-alkyl or cyclic N) is 1. The van der Waals surface area contributed by atoms with Crippen molar-refractivity contribution >= 4 is 39.4 Å². The largest absolute Gasteiger partial charge is 0.486 e. The molecule has 4 aromatic carbocycles. The van der Waals surface area contributed by atoms with E-state index in [9.17, 15) is 25.1 Å². The average molecular weight is 1110 g/mol. The third kappa shape index (κ3) is 11.1. The van der Waals surface area contributed by atoms with Gasteiger partial charge in [0.2, 0.25) is 11.8 Å². The monoisotopic (exact) mass is 1110 g/mol. The average Bonchev–Trinajstić information content (AvgIpc) is 3.86. The minimum absolute atomic E-state index is 0.0307. The summed E-state index contributed by atoms with van der Waals surface area (Å²) >= 11 is 0. The fourth-order valence-electron chi connectivity index (χ4n) is 11.5. The Bertz CT molecular complexity index is 3660. The van der Waals surface area contributed by atoms with Gasteiger partial charge in [-0.2, -0.15) is 25.4 Å². The topological polar surface area (TPSA) is 248 Å². The number of methoxy groups -OCH3 is 1. The summed E-state index contributed by atoms with van der Waals surface area (Å²) < 4.78 is 38.4. The quantitative estimate of drug-likeness (QED) is 0.0560. The van der Waals surface area contributed by atoms with Crippen molar-refractivity contribution in [1.29, 1.82) is 5.26 Å². The highest BCUT2D eigenvalue weighted by Crippen LogP contribution is 2.53. The minimum atomic E-state index is -0.994.